The fraction of sp³-hybridized carbons (Fsp3) is 0.706. The summed E-state index contributed by atoms with van der Waals surface area (Å²) in [4.78, 5) is 24.6. The van der Waals surface area contributed by atoms with Gasteiger partial charge in [-0.3, -0.25) is 9.48 Å². The summed E-state index contributed by atoms with van der Waals surface area (Å²) in [6.45, 7) is 5.19. The third-order valence-corrected chi connectivity index (χ3v) is 4.57. The van der Waals surface area contributed by atoms with Crippen molar-refractivity contribution >= 4 is 11.9 Å². The topological polar surface area (TPSA) is 73.2 Å². The van der Waals surface area contributed by atoms with E-state index in [2.05, 4.69) is 10.4 Å². The maximum Gasteiger partial charge on any atom is 0.342 e. The lowest BCUT2D eigenvalue weighted by Crippen LogP contribution is -2.41. The molecule has 0 bridgehead atoms. The molecule has 0 aliphatic heterocycles. The number of nitrogens with one attached hydrogen (secondary N) is 1. The van der Waals surface area contributed by atoms with Crippen molar-refractivity contribution in [2.45, 2.75) is 71.4 Å². The molecule has 1 N–H and O–H groups in total. The van der Waals surface area contributed by atoms with Gasteiger partial charge in [-0.2, -0.15) is 5.10 Å². The van der Waals surface area contributed by atoms with Gasteiger partial charge in [0.05, 0.1) is 5.69 Å². The van der Waals surface area contributed by atoms with Crippen molar-refractivity contribution in [2.75, 3.05) is 0 Å². The first-order valence-corrected chi connectivity index (χ1v) is 8.41. The van der Waals surface area contributed by atoms with Crippen LogP contribution in [0.3, 0.4) is 0 Å². The number of carbonyl (C=O) groups is 2. The maximum atomic E-state index is 12.3. The van der Waals surface area contributed by atoms with Gasteiger partial charge in [0.15, 0.2) is 6.10 Å². The highest BCUT2D eigenvalue weighted by molar-refractivity contribution is 5.94. The third-order valence-electron chi connectivity index (χ3n) is 4.57. The Balaban J connectivity index is 1.93. The molecule has 0 radical (unpaired) electrons. The van der Waals surface area contributed by atoms with Gasteiger partial charge in [-0.1, -0.05) is 25.7 Å². The van der Waals surface area contributed by atoms with Gasteiger partial charge >= 0.3 is 5.97 Å². The van der Waals surface area contributed by atoms with Crippen LogP contribution >= 0.6 is 0 Å². The number of aromatic nitrogens is 2. The Hall–Kier alpha value is -1.85. The largest absolute Gasteiger partial charge is 0.449 e. The van der Waals surface area contributed by atoms with Crippen molar-refractivity contribution < 1.29 is 14.3 Å². The van der Waals surface area contributed by atoms with E-state index in [1.165, 1.54) is 12.8 Å². The third kappa shape index (κ3) is 4.33. The standard InChI is InChI=1S/C17H27N3O3/c1-11-15(12(2)20(4)19-11)17(22)23-13(3)16(21)18-14-9-7-5-6-8-10-14/h13-14H,5-10H2,1-4H3,(H,18,21)/t13-/m0/s1. The summed E-state index contributed by atoms with van der Waals surface area (Å²) in [6, 6.07) is 0.202. The molecule has 1 fully saturated rings. The van der Waals surface area contributed by atoms with Crippen molar-refractivity contribution in [2.24, 2.45) is 7.05 Å². The lowest BCUT2D eigenvalue weighted by Gasteiger charge is -2.19. The van der Waals surface area contributed by atoms with Crippen LogP contribution in [0.2, 0.25) is 0 Å². The molecule has 1 aromatic rings. The van der Waals surface area contributed by atoms with Gasteiger partial charge in [-0.15, -0.1) is 0 Å². The molecule has 128 valence electrons. The Kier molecular flexibility index (Phi) is 5.80. The molecule has 1 atom stereocenters. The van der Waals surface area contributed by atoms with Crippen molar-refractivity contribution in [1.29, 1.82) is 0 Å². The summed E-state index contributed by atoms with van der Waals surface area (Å²) in [6.07, 6.45) is 5.97. The molecule has 0 spiro atoms. The number of hydrogen-bond donors (Lipinski definition) is 1. The second-order valence-electron chi connectivity index (χ2n) is 6.41. The SMILES string of the molecule is Cc1nn(C)c(C)c1C(=O)O[C@@H](C)C(=O)NC1CCCCCC1. The average molecular weight is 321 g/mol. The molecule has 1 aromatic heterocycles. The number of hydrogen-bond acceptors (Lipinski definition) is 4. The number of carbonyl (C=O) groups excluding carboxylic acids is 2. The molecule has 0 unspecified atom stereocenters. The minimum Gasteiger partial charge on any atom is -0.449 e. The van der Waals surface area contributed by atoms with E-state index < -0.39 is 12.1 Å². The molecule has 0 aromatic carbocycles. The van der Waals surface area contributed by atoms with Crippen LogP contribution in [0.5, 0.6) is 0 Å². The van der Waals surface area contributed by atoms with E-state index in [1.807, 2.05) is 6.92 Å². The monoisotopic (exact) mass is 321 g/mol. The molecule has 0 saturated heterocycles. The zero-order valence-electron chi connectivity index (χ0n) is 14.5. The quantitative estimate of drug-likeness (QED) is 0.683. The van der Waals surface area contributed by atoms with Crippen LogP contribution in [-0.2, 0) is 16.6 Å². The predicted octanol–water partition coefficient (Wildman–Crippen LogP) is 2.42. The molecule has 1 saturated carbocycles. The zero-order valence-corrected chi connectivity index (χ0v) is 14.5. The fourth-order valence-electron chi connectivity index (χ4n) is 3.08. The number of aryl methyl sites for hydroxylation is 2. The summed E-state index contributed by atoms with van der Waals surface area (Å²) in [5.74, 6) is -0.707. The summed E-state index contributed by atoms with van der Waals surface area (Å²) in [5, 5.41) is 7.22. The Morgan fingerprint density at radius 3 is 2.35 bits per heavy atom. The van der Waals surface area contributed by atoms with E-state index in [0.29, 0.717) is 11.3 Å². The van der Waals surface area contributed by atoms with Crippen LogP contribution in [0, 0.1) is 13.8 Å². The molecule has 6 nitrogen and oxygen atoms in total. The van der Waals surface area contributed by atoms with E-state index in [1.54, 1.807) is 25.6 Å². The lowest BCUT2D eigenvalue weighted by molar-refractivity contribution is -0.129. The minimum atomic E-state index is -0.801. The smallest absolute Gasteiger partial charge is 0.342 e. The zero-order chi connectivity index (χ0) is 17.0. The minimum absolute atomic E-state index is 0.202. The molecule has 1 amide bonds. The highest BCUT2D eigenvalue weighted by atomic mass is 16.5. The second-order valence-corrected chi connectivity index (χ2v) is 6.41. The van der Waals surface area contributed by atoms with Crippen molar-refractivity contribution in [3.8, 4) is 0 Å². The first-order valence-electron chi connectivity index (χ1n) is 8.41. The summed E-state index contributed by atoms with van der Waals surface area (Å²) < 4.78 is 6.98. The fourth-order valence-corrected chi connectivity index (χ4v) is 3.08. The Labute approximate surface area is 137 Å². The normalized spacial score (nSPS) is 17.4. The number of ether oxygens (including phenoxy) is 1. The van der Waals surface area contributed by atoms with Gasteiger partial charge in [-0.25, -0.2) is 4.79 Å². The van der Waals surface area contributed by atoms with E-state index >= 15 is 0 Å². The van der Waals surface area contributed by atoms with E-state index in [9.17, 15) is 9.59 Å². The van der Waals surface area contributed by atoms with Gasteiger partial charge in [0, 0.05) is 18.8 Å². The van der Waals surface area contributed by atoms with E-state index in [4.69, 9.17) is 4.74 Å². The van der Waals surface area contributed by atoms with Crippen molar-refractivity contribution in [3.05, 3.63) is 17.0 Å². The van der Waals surface area contributed by atoms with Crippen molar-refractivity contribution in [3.63, 3.8) is 0 Å². The van der Waals surface area contributed by atoms with Crippen LogP contribution in [0.15, 0.2) is 0 Å². The molecule has 2 rings (SSSR count). The van der Waals surface area contributed by atoms with Crippen LogP contribution < -0.4 is 5.32 Å². The summed E-state index contributed by atoms with van der Waals surface area (Å²) >= 11 is 0. The Bertz CT molecular complexity index is 572. The number of nitrogens with zero attached hydrogens (tertiary/aromatic N) is 2. The van der Waals surface area contributed by atoms with Crippen molar-refractivity contribution in [1.82, 2.24) is 15.1 Å². The average Bonchev–Trinajstić information content (AvgIpc) is 2.68. The first kappa shape index (κ1) is 17.5. The lowest BCUT2D eigenvalue weighted by atomic mass is 10.1. The highest BCUT2D eigenvalue weighted by Crippen LogP contribution is 2.18. The molecular weight excluding hydrogens is 294 g/mol. The van der Waals surface area contributed by atoms with Gasteiger partial charge in [-0.05, 0) is 33.6 Å². The van der Waals surface area contributed by atoms with Gasteiger partial charge < -0.3 is 10.1 Å². The van der Waals surface area contributed by atoms with Crippen LogP contribution in [0.25, 0.3) is 0 Å². The Morgan fingerprint density at radius 2 is 1.83 bits per heavy atom. The summed E-state index contributed by atoms with van der Waals surface area (Å²) in [7, 11) is 1.78. The number of amides is 1. The maximum absolute atomic E-state index is 12.3. The van der Waals surface area contributed by atoms with Gasteiger partial charge in [0.25, 0.3) is 5.91 Å². The Morgan fingerprint density at radius 1 is 1.22 bits per heavy atom. The number of rotatable bonds is 4. The molecule has 1 aliphatic carbocycles. The molecular formula is C17H27N3O3. The number of esters is 1. The van der Waals surface area contributed by atoms with Crippen LogP contribution in [0.4, 0.5) is 0 Å². The molecule has 1 aliphatic rings. The van der Waals surface area contributed by atoms with E-state index in [0.717, 1.165) is 31.4 Å². The first-order chi connectivity index (χ1) is 10.9. The molecule has 23 heavy (non-hydrogen) atoms. The van der Waals surface area contributed by atoms with Crippen LogP contribution in [0.1, 0.15) is 67.2 Å². The second kappa shape index (κ2) is 7.62. The van der Waals surface area contributed by atoms with Gasteiger partial charge in [0.1, 0.15) is 5.56 Å². The molecule has 1 heterocycles. The highest BCUT2D eigenvalue weighted by Gasteiger charge is 2.25. The van der Waals surface area contributed by atoms with E-state index in [-0.39, 0.29) is 11.9 Å². The molecule has 6 heteroatoms. The van der Waals surface area contributed by atoms with Gasteiger partial charge in [0.2, 0.25) is 0 Å². The predicted molar refractivity (Wildman–Crippen MR) is 87.2 cm³/mol. The summed E-state index contributed by atoms with van der Waals surface area (Å²) in [5.41, 5.74) is 1.80. The van der Waals surface area contributed by atoms with Crippen LogP contribution in [-0.4, -0.2) is 33.8 Å².